The van der Waals surface area contributed by atoms with Crippen LogP contribution in [0.1, 0.15) is 30.7 Å². The van der Waals surface area contributed by atoms with Crippen LogP contribution in [0, 0.1) is 5.92 Å². The monoisotopic (exact) mass is 537 g/mol. The molecule has 4 aromatic rings. The van der Waals surface area contributed by atoms with Gasteiger partial charge in [-0.05, 0) is 52.7 Å². The Labute approximate surface area is 211 Å². The van der Waals surface area contributed by atoms with E-state index >= 15 is 0 Å². The molecule has 1 fully saturated rings. The Hall–Kier alpha value is -2.90. The molecule has 0 saturated heterocycles. The van der Waals surface area contributed by atoms with Crippen molar-refractivity contribution in [3.63, 3.8) is 0 Å². The van der Waals surface area contributed by atoms with Gasteiger partial charge in [-0.3, -0.25) is 4.79 Å². The van der Waals surface area contributed by atoms with Crippen molar-refractivity contribution in [3.8, 4) is 11.3 Å². The van der Waals surface area contributed by atoms with Gasteiger partial charge in [0.05, 0.1) is 16.4 Å². The van der Waals surface area contributed by atoms with Gasteiger partial charge >= 0.3 is 0 Å². The number of nitrogens with one attached hydrogen (secondary N) is 2. The van der Waals surface area contributed by atoms with Crippen LogP contribution in [0.4, 0.5) is 5.82 Å². The average molecular weight is 539 g/mol. The lowest BCUT2D eigenvalue weighted by Crippen LogP contribution is -2.26. The van der Waals surface area contributed by atoms with Crippen LogP contribution in [0.25, 0.3) is 16.9 Å². The first kappa shape index (κ1) is 22.9. The summed E-state index contributed by atoms with van der Waals surface area (Å²) in [7, 11) is 0. The maximum Gasteiger partial charge on any atom is 0.223 e. The van der Waals surface area contributed by atoms with Gasteiger partial charge in [-0.2, -0.15) is 9.61 Å². The van der Waals surface area contributed by atoms with Crippen LogP contribution in [0.2, 0.25) is 5.02 Å². The molecule has 2 aromatic carbocycles. The number of carbonyl (C=O) groups is 1. The summed E-state index contributed by atoms with van der Waals surface area (Å²) in [4.78, 5) is 17.2. The maximum absolute atomic E-state index is 12.4. The number of fused-ring (bicyclic) bond motifs is 1. The first-order valence-corrected chi connectivity index (χ1v) is 12.6. The second-order valence-corrected chi connectivity index (χ2v) is 9.78. The van der Waals surface area contributed by atoms with E-state index in [0.717, 1.165) is 53.0 Å². The molecule has 174 valence electrons. The van der Waals surface area contributed by atoms with Crippen LogP contribution >= 0.6 is 27.5 Å². The smallest absolute Gasteiger partial charge is 0.223 e. The number of aromatic nitrogens is 3. The number of benzene rings is 2. The summed E-state index contributed by atoms with van der Waals surface area (Å²) in [5.41, 5.74) is 3.65. The molecule has 1 aliphatic carbocycles. The van der Waals surface area contributed by atoms with Crippen molar-refractivity contribution >= 4 is 44.9 Å². The largest absolute Gasteiger partial charge is 0.370 e. The SMILES string of the molecule is O=C(NCCCCNc1cc(-c2ccccc2Cl)nc2c(Br)cnn12)[C@@H]1C[C@H]1c1ccccc1. The van der Waals surface area contributed by atoms with Crippen molar-refractivity contribution in [1.82, 2.24) is 19.9 Å². The summed E-state index contributed by atoms with van der Waals surface area (Å²) in [6.07, 6.45) is 4.50. The topological polar surface area (TPSA) is 71.3 Å². The standard InChI is InChI=1S/C26H25BrClN5O/c27-21-16-31-33-24(15-23(32-25(21)33)18-10-4-5-11-22(18)28)29-12-6-7-13-30-26(34)20-14-19(20)17-8-2-1-3-9-17/h1-5,8-11,15-16,19-20,29H,6-7,12-14H2,(H,30,34)/t19-,20+/m0/s1. The van der Waals surface area contributed by atoms with E-state index in [1.807, 2.05) is 48.5 Å². The van der Waals surface area contributed by atoms with Gasteiger partial charge in [0.25, 0.3) is 0 Å². The zero-order chi connectivity index (χ0) is 23.5. The molecule has 2 atom stereocenters. The van der Waals surface area contributed by atoms with Gasteiger partial charge in [0, 0.05) is 35.7 Å². The van der Waals surface area contributed by atoms with E-state index < -0.39 is 0 Å². The van der Waals surface area contributed by atoms with Gasteiger partial charge in [0.15, 0.2) is 5.65 Å². The van der Waals surface area contributed by atoms with E-state index in [-0.39, 0.29) is 11.8 Å². The van der Waals surface area contributed by atoms with Gasteiger partial charge in [-0.1, -0.05) is 60.1 Å². The lowest BCUT2D eigenvalue weighted by molar-refractivity contribution is -0.122. The molecule has 0 spiro atoms. The van der Waals surface area contributed by atoms with Crippen molar-refractivity contribution in [2.24, 2.45) is 5.92 Å². The van der Waals surface area contributed by atoms with E-state index in [1.54, 1.807) is 10.7 Å². The molecular formula is C26H25BrClN5O. The lowest BCUT2D eigenvalue weighted by atomic mass is 10.1. The number of carbonyl (C=O) groups excluding carboxylic acids is 1. The van der Waals surface area contributed by atoms with E-state index in [9.17, 15) is 4.79 Å². The van der Waals surface area contributed by atoms with Crippen LogP contribution in [0.15, 0.2) is 71.3 Å². The minimum absolute atomic E-state index is 0.118. The Morgan fingerprint density at radius 1 is 1.09 bits per heavy atom. The third kappa shape index (κ3) is 4.95. The van der Waals surface area contributed by atoms with Gasteiger partial charge < -0.3 is 10.6 Å². The van der Waals surface area contributed by atoms with Crippen LogP contribution in [0.3, 0.4) is 0 Å². The van der Waals surface area contributed by atoms with Crippen molar-refractivity contribution in [3.05, 3.63) is 81.9 Å². The summed E-state index contributed by atoms with van der Waals surface area (Å²) < 4.78 is 2.60. The number of amides is 1. The average Bonchev–Trinajstić information content (AvgIpc) is 3.58. The molecule has 0 bridgehead atoms. The van der Waals surface area contributed by atoms with Gasteiger partial charge in [0.1, 0.15) is 5.82 Å². The quantitative estimate of drug-likeness (QED) is 0.259. The maximum atomic E-state index is 12.4. The van der Waals surface area contributed by atoms with E-state index in [2.05, 4.69) is 43.8 Å². The molecule has 5 rings (SSSR count). The third-order valence-corrected chi connectivity index (χ3v) is 7.03. The lowest BCUT2D eigenvalue weighted by Gasteiger charge is -2.12. The molecule has 34 heavy (non-hydrogen) atoms. The van der Waals surface area contributed by atoms with E-state index in [4.69, 9.17) is 16.6 Å². The van der Waals surface area contributed by atoms with Crippen molar-refractivity contribution in [1.29, 1.82) is 0 Å². The number of rotatable bonds is 9. The molecule has 8 heteroatoms. The number of hydrogen-bond acceptors (Lipinski definition) is 4. The molecule has 1 amide bonds. The van der Waals surface area contributed by atoms with Crippen molar-refractivity contribution in [2.45, 2.75) is 25.2 Å². The second-order valence-electron chi connectivity index (χ2n) is 8.52. The fraction of sp³-hybridized carbons (Fsp3) is 0.269. The predicted octanol–water partition coefficient (Wildman–Crippen LogP) is 5.92. The van der Waals surface area contributed by atoms with E-state index in [1.165, 1.54) is 5.56 Å². The fourth-order valence-corrected chi connectivity index (χ4v) is 4.81. The second kappa shape index (κ2) is 10.2. The molecule has 2 N–H and O–H groups in total. The summed E-state index contributed by atoms with van der Waals surface area (Å²) in [5, 5.41) is 11.6. The van der Waals surface area contributed by atoms with Gasteiger partial charge in [0.2, 0.25) is 5.91 Å². The number of anilines is 1. The molecule has 0 unspecified atom stereocenters. The Morgan fingerprint density at radius 3 is 2.68 bits per heavy atom. The molecule has 0 aliphatic heterocycles. The zero-order valence-corrected chi connectivity index (χ0v) is 20.9. The first-order valence-electron chi connectivity index (χ1n) is 11.5. The van der Waals surface area contributed by atoms with Crippen LogP contribution in [-0.4, -0.2) is 33.6 Å². The Morgan fingerprint density at radius 2 is 1.85 bits per heavy atom. The summed E-state index contributed by atoms with van der Waals surface area (Å²) in [6.45, 7) is 1.44. The highest BCUT2D eigenvalue weighted by atomic mass is 79.9. The molecule has 2 aromatic heterocycles. The first-order chi connectivity index (χ1) is 16.6. The zero-order valence-electron chi connectivity index (χ0n) is 18.5. The molecule has 0 radical (unpaired) electrons. The summed E-state index contributed by atoms with van der Waals surface area (Å²) in [5.74, 6) is 1.51. The van der Waals surface area contributed by atoms with Gasteiger partial charge in [-0.25, -0.2) is 4.98 Å². The normalized spacial score (nSPS) is 17.0. The Balaban J connectivity index is 1.14. The Kier molecular flexibility index (Phi) is 6.83. The van der Waals surface area contributed by atoms with Crippen molar-refractivity contribution < 1.29 is 4.79 Å². The molecule has 2 heterocycles. The molecule has 1 aliphatic rings. The summed E-state index contributed by atoms with van der Waals surface area (Å²) in [6, 6.07) is 19.9. The van der Waals surface area contributed by atoms with Gasteiger partial charge in [-0.15, -0.1) is 0 Å². The van der Waals surface area contributed by atoms with Crippen LogP contribution in [0.5, 0.6) is 0 Å². The van der Waals surface area contributed by atoms with Crippen LogP contribution < -0.4 is 10.6 Å². The minimum atomic E-state index is 0.118. The number of halogens is 2. The number of nitrogens with zero attached hydrogens (tertiary/aromatic N) is 3. The number of hydrogen-bond donors (Lipinski definition) is 2. The molecular weight excluding hydrogens is 514 g/mol. The number of unbranched alkanes of at least 4 members (excludes halogenated alkanes) is 1. The summed E-state index contributed by atoms with van der Waals surface area (Å²) >= 11 is 9.94. The van der Waals surface area contributed by atoms with Crippen molar-refractivity contribution in [2.75, 3.05) is 18.4 Å². The minimum Gasteiger partial charge on any atom is -0.370 e. The molecule has 6 nitrogen and oxygen atoms in total. The fourth-order valence-electron chi connectivity index (χ4n) is 4.23. The highest BCUT2D eigenvalue weighted by Crippen LogP contribution is 2.47. The van der Waals surface area contributed by atoms with E-state index in [0.29, 0.717) is 17.5 Å². The highest BCUT2D eigenvalue weighted by Gasteiger charge is 2.43. The van der Waals surface area contributed by atoms with Crippen LogP contribution in [-0.2, 0) is 4.79 Å². The highest BCUT2D eigenvalue weighted by molar-refractivity contribution is 9.10. The Bertz CT molecular complexity index is 1310. The third-order valence-electron chi connectivity index (χ3n) is 6.14. The predicted molar refractivity (Wildman–Crippen MR) is 139 cm³/mol. The molecule has 1 saturated carbocycles.